The van der Waals surface area contributed by atoms with E-state index in [4.69, 9.17) is 4.74 Å². The van der Waals surface area contributed by atoms with Crippen molar-refractivity contribution in [2.24, 2.45) is 11.3 Å². The Balaban J connectivity index is 2.62. The summed E-state index contributed by atoms with van der Waals surface area (Å²) in [6.07, 6.45) is 9.06. The largest absolute Gasteiger partial charge is 0.371 e. The summed E-state index contributed by atoms with van der Waals surface area (Å²) in [7, 11) is 0. The third-order valence-corrected chi connectivity index (χ3v) is 5.14. The fourth-order valence-electron chi connectivity index (χ4n) is 3.73. The summed E-state index contributed by atoms with van der Waals surface area (Å²) in [5.74, 6) is 0.849. The van der Waals surface area contributed by atoms with E-state index < -0.39 is 0 Å². The van der Waals surface area contributed by atoms with Crippen LogP contribution in [0.25, 0.3) is 0 Å². The maximum absolute atomic E-state index is 6.56. The van der Waals surface area contributed by atoms with Crippen LogP contribution < -0.4 is 5.32 Å². The number of nitrogens with one attached hydrogen (secondary N) is 1. The van der Waals surface area contributed by atoms with E-state index in [1.807, 2.05) is 0 Å². The monoisotopic (exact) mass is 297 g/mol. The van der Waals surface area contributed by atoms with E-state index in [0.717, 1.165) is 19.0 Å². The quantitative estimate of drug-likeness (QED) is 0.624. The maximum Gasteiger partial charge on any atom is 0.0810 e. The van der Waals surface area contributed by atoms with E-state index in [1.165, 1.54) is 44.9 Å². The van der Waals surface area contributed by atoms with Crippen LogP contribution in [-0.2, 0) is 4.74 Å². The molecule has 0 aromatic rings. The fourth-order valence-corrected chi connectivity index (χ4v) is 3.73. The Labute approximate surface area is 133 Å². The molecular formula is C19H39NO. The third kappa shape index (κ3) is 6.28. The van der Waals surface area contributed by atoms with Crippen LogP contribution in [0.1, 0.15) is 86.5 Å². The minimum Gasteiger partial charge on any atom is -0.371 e. The Hall–Kier alpha value is -0.0800. The van der Waals surface area contributed by atoms with Gasteiger partial charge in [0.05, 0.1) is 11.7 Å². The average Bonchev–Trinajstić information content (AvgIpc) is 2.38. The number of hydrogen-bond donors (Lipinski definition) is 1. The first-order valence-corrected chi connectivity index (χ1v) is 9.21. The summed E-state index contributed by atoms with van der Waals surface area (Å²) in [5.41, 5.74) is 0.531. The molecule has 0 amide bonds. The molecule has 0 aliphatic heterocycles. The van der Waals surface area contributed by atoms with E-state index in [-0.39, 0.29) is 5.60 Å². The van der Waals surface area contributed by atoms with Crippen LogP contribution >= 0.6 is 0 Å². The van der Waals surface area contributed by atoms with Crippen molar-refractivity contribution in [3.8, 4) is 0 Å². The van der Waals surface area contributed by atoms with Crippen molar-refractivity contribution >= 4 is 0 Å². The summed E-state index contributed by atoms with van der Waals surface area (Å²) in [6, 6.07) is 0. The number of hydrogen-bond acceptors (Lipinski definition) is 2. The summed E-state index contributed by atoms with van der Waals surface area (Å²) in [5, 5.41) is 3.62. The topological polar surface area (TPSA) is 21.3 Å². The van der Waals surface area contributed by atoms with Crippen molar-refractivity contribution < 1.29 is 4.74 Å². The molecule has 2 heteroatoms. The molecule has 0 saturated heterocycles. The van der Waals surface area contributed by atoms with Crippen LogP contribution in [0.2, 0.25) is 0 Å². The van der Waals surface area contributed by atoms with Gasteiger partial charge in [0.1, 0.15) is 0 Å². The highest BCUT2D eigenvalue weighted by molar-refractivity contribution is 4.92. The van der Waals surface area contributed by atoms with Crippen LogP contribution in [0.4, 0.5) is 0 Å². The molecule has 1 unspecified atom stereocenters. The van der Waals surface area contributed by atoms with Gasteiger partial charge < -0.3 is 10.1 Å². The zero-order valence-electron chi connectivity index (χ0n) is 15.4. The molecule has 1 saturated carbocycles. The molecule has 126 valence electrons. The Morgan fingerprint density at radius 3 is 2.24 bits per heavy atom. The van der Waals surface area contributed by atoms with Gasteiger partial charge in [-0.2, -0.15) is 0 Å². The van der Waals surface area contributed by atoms with E-state index >= 15 is 0 Å². The van der Waals surface area contributed by atoms with Gasteiger partial charge >= 0.3 is 0 Å². The molecule has 1 aliphatic rings. The van der Waals surface area contributed by atoms with Crippen LogP contribution in [0.3, 0.4) is 0 Å². The van der Waals surface area contributed by atoms with Gasteiger partial charge in [-0.1, -0.05) is 41.0 Å². The van der Waals surface area contributed by atoms with Gasteiger partial charge in [-0.05, 0) is 63.3 Å². The molecule has 0 radical (unpaired) electrons. The molecule has 1 atom stereocenters. The van der Waals surface area contributed by atoms with Gasteiger partial charge in [-0.3, -0.25) is 0 Å². The Morgan fingerprint density at radius 2 is 1.76 bits per heavy atom. The SMILES string of the molecule is CCCNCC1(OC(C)CCC)CCC(C(C)(C)C)CC1. The maximum atomic E-state index is 6.56. The summed E-state index contributed by atoms with van der Waals surface area (Å²) in [4.78, 5) is 0. The van der Waals surface area contributed by atoms with E-state index in [0.29, 0.717) is 11.5 Å². The highest BCUT2D eigenvalue weighted by Gasteiger charge is 2.40. The normalized spacial score (nSPS) is 28.6. The van der Waals surface area contributed by atoms with Crippen molar-refractivity contribution in [2.75, 3.05) is 13.1 Å². The molecule has 0 bridgehead atoms. The molecule has 0 spiro atoms. The second-order valence-corrected chi connectivity index (χ2v) is 8.22. The molecule has 0 aromatic carbocycles. The smallest absolute Gasteiger partial charge is 0.0810 e. The van der Waals surface area contributed by atoms with E-state index in [1.54, 1.807) is 0 Å². The highest BCUT2D eigenvalue weighted by atomic mass is 16.5. The Morgan fingerprint density at radius 1 is 1.14 bits per heavy atom. The first-order chi connectivity index (χ1) is 9.83. The summed E-state index contributed by atoms with van der Waals surface area (Å²) in [6.45, 7) is 16.0. The number of ether oxygens (including phenoxy) is 1. The molecule has 1 aliphatic carbocycles. The van der Waals surface area contributed by atoms with E-state index in [9.17, 15) is 0 Å². The minimum absolute atomic E-state index is 0.0888. The summed E-state index contributed by atoms with van der Waals surface area (Å²) < 4.78 is 6.56. The summed E-state index contributed by atoms with van der Waals surface area (Å²) >= 11 is 0. The van der Waals surface area contributed by atoms with Gasteiger partial charge in [-0.25, -0.2) is 0 Å². The lowest BCUT2D eigenvalue weighted by Gasteiger charge is -2.45. The molecular weight excluding hydrogens is 258 g/mol. The van der Waals surface area contributed by atoms with Crippen molar-refractivity contribution in [1.82, 2.24) is 5.32 Å². The Kier molecular flexibility index (Phi) is 7.70. The van der Waals surface area contributed by atoms with Gasteiger partial charge in [-0.15, -0.1) is 0 Å². The van der Waals surface area contributed by atoms with Crippen molar-refractivity contribution in [1.29, 1.82) is 0 Å². The van der Waals surface area contributed by atoms with Crippen molar-refractivity contribution in [3.05, 3.63) is 0 Å². The highest BCUT2D eigenvalue weighted by Crippen LogP contribution is 2.43. The second-order valence-electron chi connectivity index (χ2n) is 8.22. The van der Waals surface area contributed by atoms with Crippen LogP contribution in [0.15, 0.2) is 0 Å². The second kappa shape index (κ2) is 8.53. The van der Waals surface area contributed by atoms with Gasteiger partial charge in [0.2, 0.25) is 0 Å². The zero-order chi connectivity index (χ0) is 15.9. The predicted octanol–water partition coefficient (Wildman–Crippen LogP) is 5.17. The lowest BCUT2D eigenvalue weighted by Crippen LogP contribution is -2.48. The predicted molar refractivity (Wildman–Crippen MR) is 92.8 cm³/mol. The fraction of sp³-hybridized carbons (Fsp3) is 1.00. The first-order valence-electron chi connectivity index (χ1n) is 9.21. The number of rotatable bonds is 8. The molecule has 1 N–H and O–H groups in total. The molecule has 2 nitrogen and oxygen atoms in total. The Bertz CT molecular complexity index is 274. The van der Waals surface area contributed by atoms with Crippen LogP contribution in [0.5, 0.6) is 0 Å². The van der Waals surface area contributed by atoms with Gasteiger partial charge in [0.15, 0.2) is 0 Å². The minimum atomic E-state index is 0.0888. The third-order valence-electron chi connectivity index (χ3n) is 5.14. The van der Waals surface area contributed by atoms with Crippen molar-refractivity contribution in [2.45, 2.75) is 98.2 Å². The van der Waals surface area contributed by atoms with Crippen LogP contribution in [-0.4, -0.2) is 24.8 Å². The average molecular weight is 298 g/mol. The van der Waals surface area contributed by atoms with Crippen LogP contribution in [0, 0.1) is 11.3 Å². The molecule has 0 aromatic heterocycles. The molecule has 21 heavy (non-hydrogen) atoms. The van der Waals surface area contributed by atoms with Gasteiger partial charge in [0, 0.05) is 6.54 Å². The lowest BCUT2D eigenvalue weighted by atomic mass is 9.68. The van der Waals surface area contributed by atoms with Crippen molar-refractivity contribution in [3.63, 3.8) is 0 Å². The standard InChI is InChI=1S/C19H39NO/c1-7-9-16(3)21-19(15-20-14-8-2)12-10-17(11-13-19)18(4,5)6/h16-17,20H,7-15H2,1-6H3. The van der Waals surface area contributed by atoms with E-state index in [2.05, 4.69) is 46.9 Å². The first kappa shape index (κ1) is 19.0. The molecule has 0 heterocycles. The molecule has 1 rings (SSSR count). The lowest BCUT2D eigenvalue weighted by molar-refractivity contribution is -0.119. The van der Waals surface area contributed by atoms with Gasteiger partial charge in [0.25, 0.3) is 0 Å². The molecule has 1 fully saturated rings. The zero-order valence-corrected chi connectivity index (χ0v) is 15.4.